The van der Waals surface area contributed by atoms with Crippen molar-refractivity contribution in [3.05, 3.63) is 42.5 Å². The molecule has 0 saturated carbocycles. The van der Waals surface area contributed by atoms with Crippen LogP contribution in [-0.4, -0.2) is 65.8 Å². The van der Waals surface area contributed by atoms with Gasteiger partial charge in [-0.3, -0.25) is 9.29 Å². The van der Waals surface area contributed by atoms with Crippen molar-refractivity contribution in [2.24, 2.45) is 0 Å². The smallest absolute Gasteiger partial charge is 0.239 e. The molecule has 0 fully saturated rings. The first-order chi connectivity index (χ1) is 15.9. The molecular formula is C21H26N6O5S. The number of rotatable bonds is 8. The van der Waals surface area contributed by atoms with Crippen molar-refractivity contribution in [2.75, 3.05) is 32.2 Å². The van der Waals surface area contributed by atoms with Gasteiger partial charge in [0.15, 0.2) is 11.6 Å². The van der Waals surface area contributed by atoms with Gasteiger partial charge in [0.2, 0.25) is 16.0 Å². The van der Waals surface area contributed by atoms with Crippen LogP contribution in [0.4, 0.5) is 5.95 Å². The molecule has 3 aromatic rings. The molecule has 2 aromatic heterocycles. The highest BCUT2D eigenvalue weighted by molar-refractivity contribution is 7.93. The van der Waals surface area contributed by atoms with Gasteiger partial charge in [-0.05, 0) is 19.1 Å². The van der Waals surface area contributed by atoms with Crippen LogP contribution in [0.25, 0.3) is 11.4 Å². The maximum atomic E-state index is 13.3. The Morgan fingerprint density at radius 2 is 1.91 bits per heavy atom. The van der Waals surface area contributed by atoms with Gasteiger partial charge < -0.3 is 14.2 Å². The lowest BCUT2D eigenvalue weighted by molar-refractivity contribution is 0.126. The fourth-order valence-electron chi connectivity index (χ4n) is 3.61. The first kappa shape index (κ1) is 22.9. The molecule has 0 saturated heterocycles. The Labute approximate surface area is 192 Å². The number of para-hydroxylation sites is 1. The van der Waals surface area contributed by atoms with Crippen LogP contribution in [-0.2, 0) is 14.8 Å². The lowest BCUT2D eigenvalue weighted by Crippen LogP contribution is -2.32. The van der Waals surface area contributed by atoms with E-state index in [1.54, 1.807) is 25.5 Å². The second-order valence-electron chi connectivity index (χ2n) is 7.76. The van der Waals surface area contributed by atoms with Crippen molar-refractivity contribution in [1.82, 2.24) is 24.7 Å². The zero-order valence-corrected chi connectivity index (χ0v) is 19.6. The summed E-state index contributed by atoms with van der Waals surface area (Å²) >= 11 is 0. The summed E-state index contributed by atoms with van der Waals surface area (Å²) in [6, 6.07) is 7.09. The minimum Gasteiger partial charge on any atom is -0.494 e. The number of benzene rings is 1. The molecule has 2 unspecified atom stereocenters. The molecule has 0 amide bonds. The Morgan fingerprint density at radius 1 is 1.18 bits per heavy atom. The van der Waals surface area contributed by atoms with E-state index in [-0.39, 0.29) is 18.6 Å². The molecule has 1 N–H and O–H groups in total. The highest BCUT2D eigenvalue weighted by Crippen LogP contribution is 2.36. The zero-order chi connectivity index (χ0) is 23.6. The van der Waals surface area contributed by atoms with E-state index >= 15 is 0 Å². The van der Waals surface area contributed by atoms with E-state index < -0.39 is 21.2 Å². The van der Waals surface area contributed by atoms with Crippen molar-refractivity contribution >= 4 is 16.0 Å². The number of fused-ring (bicyclic) bond motifs is 3. The Hall–Kier alpha value is -3.25. The Kier molecular flexibility index (Phi) is 6.47. The third kappa shape index (κ3) is 4.48. The summed E-state index contributed by atoms with van der Waals surface area (Å²) in [5, 5.41) is 7.57. The van der Waals surface area contributed by atoms with Gasteiger partial charge in [0.25, 0.3) is 0 Å². The molecule has 11 nitrogen and oxygen atoms in total. The minimum absolute atomic E-state index is 0.0991. The molecule has 1 aliphatic rings. The average Bonchev–Trinajstić information content (AvgIpc) is 3.16. The molecule has 0 spiro atoms. The number of hydrogen-bond acceptors (Lipinski definition) is 9. The third-order valence-electron chi connectivity index (χ3n) is 5.70. The van der Waals surface area contributed by atoms with Crippen LogP contribution < -0.4 is 14.2 Å². The molecule has 3 heterocycles. The van der Waals surface area contributed by atoms with E-state index in [0.29, 0.717) is 29.8 Å². The molecule has 12 heteroatoms. The van der Waals surface area contributed by atoms with Crippen molar-refractivity contribution in [3.8, 4) is 22.9 Å². The van der Waals surface area contributed by atoms with Crippen LogP contribution in [0.2, 0.25) is 0 Å². The lowest BCUT2D eigenvalue weighted by atomic mass is 10.1. The SMILES string of the molecule is COC[C@H]1COc2ccccc2-c2nnc(NS(=O)(=O)C(C)C(C)c3ncc(OC)cn3)n21. The summed E-state index contributed by atoms with van der Waals surface area (Å²) in [7, 11) is -0.785. The summed E-state index contributed by atoms with van der Waals surface area (Å²) in [5.41, 5.74) is 0.724. The quantitative estimate of drug-likeness (QED) is 0.522. The van der Waals surface area contributed by atoms with Crippen molar-refractivity contribution in [1.29, 1.82) is 0 Å². The fourth-order valence-corrected chi connectivity index (χ4v) is 4.85. The second kappa shape index (κ2) is 9.32. The topological polar surface area (TPSA) is 130 Å². The number of nitrogens with one attached hydrogen (secondary N) is 1. The Balaban J connectivity index is 1.65. The molecule has 1 aliphatic heterocycles. The molecular weight excluding hydrogens is 448 g/mol. The molecule has 1 aromatic carbocycles. The second-order valence-corrected chi connectivity index (χ2v) is 9.79. The zero-order valence-electron chi connectivity index (χ0n) is 18.8. The number of ether oxygens (including phenoxy) is 3. The van der Waals surface area contributed by atoms with Crippen LogP contribution in [0.1, 0.15) is 31.6 Å². The summed E-state index contributed by atoms with van der Waals surface area (Å²) < 4.78 is 47.2. The molecule has 0 aliphatic carbocycles. The number of aromatic nitrogens is 5. The molecule has 0 radical (unpaired) electrons. The fraction of sp³-hybridized carbons (Fsp3) is 0.429. The van der Waals surface area contributed by atoms with Crippen LogP contribution in [0, 0.1) is 0 Å². The Bertz CT molecular complexity index is 1210. The van der Waals surface area contributed by atoms with Crippen LogP contribution in [0.3, 0.4) is 0 Å². The van der Waals surface area contributed by atoms with Gasteiger partial charge in [-0.25, -0.2) is 18.4 Å². The summed E-state index contributed by atoms with van der Waals surface area (Å²) in [5.74, 6) is 1.66. The highest BCUT2D eigenvalue weighted by Gasteiger charge is 2.33. The van der Waals surface area contributed by atoms with Gasteiger partial charge in [0, 0.05) is 13.0 Å². The Morgan fingerprint density at radius 3 is 2.61 bits per heavy atom. The highest BCUT2D eigenvalue weighted by atomic mass is 32.2. The standard InChI is InChI=1S/C21H26N6O5S/c1-13(19-22-9-16(31-4)10-23-19)14(2)33(28,29)26-21-25-24-20-17-7-5-6-8-18(17)32-12-15(11-30-3)27(20)21/h5-10,13-15H,11-12H2,1-4H3,(H,25,26)/t13?,14?,15-/m0/s1. The van der Waals surface area contributed by atoms with E-state index in [2.05, 4.69) is 24.9 Å². The van der Waals surface area contributed by atoms with Crippen molar-refractivity contribution in [2.45, 2.75) is 31.1 Å². The maximum absolute atomic E-state index is 13.3. The first-order valence-corrected chi connectivity index (χ1v) is 11.9. The normalized spacial score (nSPS) is 17.2. The van der Waals surface area contributed by atoms with E-state index in [9.17, 15) is 8.42 Å². The van der Waals surface area contributed by atoms with Crippen LogP contribution in [0.15, 0.2) is 36.7 Å². The molecule has 33 heavy (non-hydrogen) atoms. The van der Waals surface area contributed by atoms with E-state index in [0.717, 1.165) is 5.56 Å². The van der Waals surface area contributed by atoms with Crippen LogP contribution >= 0.6 is 0 Å². The van der Waals surface area contributed by atoms with E-state index in [1.165, 1.54) is 19.5 Å². The largest absolute Gasteiger partial charge is 0.494 e. The number of nitrogens with zero attached hydrogens (tertiary/aromatic N) is 5. The summed E-state index contributed by atoms with van der Waals surface area (Å²) in [6.45, 7) is 3.93. The predicted octanol–water partition coefficient (Wildman–Crippen LogP) is 2.26. The van der Waals surface area contributed by atoms with Gasteiger partial charge in [-0.2, -0.15) is 0 Å². The molecule has 176 valence electrons. The summed E-state index contributed by atoms with van der Waals surface area (Å²) in [4.78, 5) is 8.46. The van der Waals surface area contributed by atoms with Crippen molar-refractivity contribution < 1.29 is 22.6 Å². The van der Waals surface area contributed by atoms with Gasteiger partial charge >= 0.3 is 0 Å². The number of sulfonamides is 1. The van der Waals surface area contributed by atoms with E-state index in [1.807, 2.05) is 24.3 Å². The van der Waals surface area contributed by atoms with Gasteiger partial charge in [0.05, 0.1) is 43.0 Å². The van der Waals surface area contributed by atoms with Gasteiger partial charge in [0.1, 0.15) is 18.2 Å². The van der Waals surface area contributed by atoms with Gasteiger partial charge in [-0.1, -0.05) is 19.1 Å². The van der Waals surface area contributed by atoms with Crippen LogP contribution in [0.5, 0.6) is 11.5 Å². The first-order valence-electron chi connectivity index (χ1n) is 10.4. The number of anilines is 1. The maximum Gasteiger partial charge on any atom is 0.239 e. The summed E-state index contributed by atoms with van der Waals surface area (Å²) in [6.07, 6.45) is 3.02. The monoisotopic (exact) mass is 474 g/mol. The molecule has 4 rings (SSSR count). The molecule has 3 atom stereocenters. The average molecular weight is 475 g/mol. The predicted molar refractivity (Wildman–Crippen MR) is 121 cm³/mol. The lowest BCUT2D eigenvalue weighted by Gasteiger charge is -2.22. The number of hydrogen-bond donors (Lipinski definition) is 1. The van der Waals surface area contributed by atoms with E-state index in [4.69, 9.17) is 14.2 Å². The number of methoxy groups -OCH3 is 2. The minimum atomic E-state index is -3.87. The van der Waals surface area contributed by atoms with Crippen molar-refractivity contribution in [3.63, 3.8) is 0 Å². The molecule has 0 bridgehead atoms. The third-order valence-corrected chi connectivity index (χ3v) is 7.55. The van der Waals surface area contributed by atoms with Gasteiger partial charge in [-0.15, -0.1) is 10.2 Å².